The van der Waals surface area contributed by atoms with Gasteiger partial charge in [0.05, 0.1) is 6.61 Å². The van der Waals surface area contributed by atoms with E-state index in [-0.39, 0.29) is 29.3 Å². The summed E-state index contributed by atoms with van der Waals surface area (Å²) in [5.41, 5.74) is 2.87. The van der Waals surface area contributed by atoms with Crippen LogP contribution in [-0.4, -0.2) is 35.9 Å². The fourth-order valence-electron chi connectivity index (χ4n) is 5.59. The molecule has 2 aliphatic rings. The van der Waals surface area contributed by atoms with Crippen LogP contribution >= 0.6 is 0 Å². The molecule has 4 rings (SSSR count). The molecule has 2 amide bonds. The Kier molecular flexibility index (Phi) is 5.89. The Balaban J connectivity index is 1.31. The lowest BCUT2D eigenvalue weighted by molar-refractivity contribution is -0.121. The van der Waals surface area contributed by atoms with Crippen molar-refractivity contribution in [2.75, 3.05) is 18.5 Å². The normalized spacial score (nSPS) is 24.1. The van der Waals surface area contributed by atoms with Crippen molar-refractivity contribution in [1.29, 1.82) is 0 Å². The lowest BCUT2D eigenvalue weighted by Gasteiger charge is -2.39. The Morgan fingerprint density at radius 1 is 1.03 bits per heavy atom. The largest absolute Gasteiger partial charge is 0.367 e. The summed E-state index contributed by atoms with van der Waals surface area (Å²) in [7, 11) is 0. The first-order chi connectivity index (χ1) is 14.7. The molecule has 0 aromatic heterocycles. The molecule has 5 nitrogen and oxygen atoms in total. The monoisotopic (exact) mass is 420 g/mol. The zero-order chi connectivity index (χ0) is 22.1. The summed E-state index contributed by atoms with van der Waals surface area (Å²) >= 11 is 0. The third kappa shape index (κ3) is 5.16. The van der Waals surface area contributed by atoms with Crippen molar-refractivity contribution in [2.24, 2.45) is 10.8 Å². The van der Waals surface area contributed by atoms with Gasteiger partial charge in [-0.05, 0) is 59.9 Å². The maximum absolute atomic E-state index is 13.2. The van der Waals surface area contributed by atoms with Gasteiger partial charge >= 0.3 is 0 Å². The van der Waals surface area contributed by atoms with E-state index in [0.717, 1.165) is 31.4 Å². The second-order valence-electron chi connectivity index (χ2n) is 10.3. The lowest BCUT2D eigenvalue weighted by Crippen LogP contribution is -2.37. The third-order valence-corrected chi connectivity index (χ3v) is 6.44. The van der Waals surface area contributed by atoms with E-state index in [1.807, 2.05) is 30.3 Å². The highest BCUT2D eigenvalue weighted by molar-refractivity contribution is 5.96. The number of amides is 2. The maximum Gasteiger partial charge on any atom is 0.254 e. The average Bonchev–Trinajstić information content (AvgIpc) is 2.97. The Morgan fingerprint density at radius 3 is 2.45 bits per heavy atom. The number of likely N-dealkylation sites (tertiary alicyclic amines) is 1. The summed E-state index contributed by atoms with van der Waals surface area (Å²) in [6.45, 7) is 8.15. The minimum Gasteiger partial charge on any atom is -0.367 e. The summed E-state index contributed by atoms with van der Waals surface area (Å²) in [5.74, 6) is -0.117. The first-order valence-corrected chi connectivity index (χ1v) is 11.1. The van der Waals surface area contributed by atoms with Crippen molar-refractivity contribution < 1.29 is 14.3 Å². The number of nitrogens with zero attached hydrogens (tertiary/aromatic N) is 1. The summed E-state index contributed by atoms with van der Waals surface area (Å²) in [6, 6.07) is 17.3. The molecule has 0 radical (unpaired) electrons. The molecule has 2 aromatic rings. The molecule has 5 heteroatoms. The zero-order valence-corrected chi connectivity index (χ0v) is 18.7. The molecule has 2 unspecified atom stereocenters. The van der Waals surface area contributed by atoms with Crippen molar-refractivity contribution in [2.45, 2.75) is 52.7 Å². The van der Waals surface area contributed by atoms with Crippen LogP contribution < -0.4 is 5.32 Å². The molecule has 1 saturated carbocycles. The van der Waals surface area contributed by atoms with Gasteiger partial charge < -0.3 is 15.0 Å². The van der Waals surface area contributed by atoms with Crippen LogP contribution in [0.4, 0.5) is 5.69 Å². The van der Waals surface area contributed by atoms with E-state index in [2.05, 4.69) is 31.0 Å². The SMILES string of the molecule is CC1(C)CC2CC(C)(CN2C(=O)c2ccc(NC(=O)COCc3ccccc3)cc2)C1. The number of rotatable bonds is 6. The first kappa shape index (κ1) is 21.6. The molecule has 1 heterocycles. The number of hydrogen-bond donors (Lipinski definition) is 1. The topological polar surface area (TPSA) is 58.6 Å². The van der Waals surface area contributed by atoms with Gasteiger partial charge in [0.15, 0.2) is 0 Å². The lowest BCUT2D eigenvalue weighted by atomic mass is 9.65. The molecule has 2 aromatic carbocycles. The molecule has 1 aliphatic carbocycles. The van der Waals surface area contributed by atoms with Crippen LogP contribution in [0.3, 0.4) is 0 Å². The number of carbonyl (C=O) groups is 2. The molecule has 2 fully saturated rings. The summed E-state index contributed by atoms with van der Waals surface area (Å²) in [6.07, 6.45) is 3.32. The Bertz CT molecular complexity index is 939. The number of anilines is 1. The van der Waals surface area contributed by atoms with Crippen LogP contribution in [0.25, 0.3) is 0 Å². The second-order valence-corrected chi connectivity index (χ2v) is 10.3. The molecule has 31 heavy (non-hydrogen) atoms. The van der Waals surface area contributed by atoms with Gasteiger partial charge in [0.25, 0.3) is 5.91 Å². The van der Waals surface area contributed by atoms with Crippen LogP contribution in [-0.2, 0) is 16.1 Å². The third-order valence-electron chi connectivity index (χ3n) is 6.44. The van der Waals surface area contributed by atoms with Crippen molar-refractivity contribution in [3.63, 3.8) is 0 Å². The predicted molar refractivity (Wildman–Crippen MR) is 122 cm³/mol. The van der Waals surface area contributed by atoms with Crippen molar-refractivity contribution in [3.05, 3.63) is 65.7 Å². The number of benzene rings is 2. The standard InChI is InChI=1S/C26H32N2O3/c1-25(2)13-22-14-26(3,17-25)18-28(22)24(30)20-9-11-21(12-10-20)27-23(29)16-31-15-19-7-5-4-6-8-19/h4-12,22H,13-18H2,1-3H3,(H,27,29). The molecule has 2 atom stereocenters. The zero-order valence-electron chi connectivity index (χ0n) is 18.7. The highest BCUT2D eigenvalue weighted by atomic mass is 16.5. The molecule has 164 valence electrons. The first-order valence-electron chi connectivity index (χ1n) is 11.1. The summed E-state index contributed by atoms with van der Waals surface area (Å²) < 4.78 is 5.48. The average molecular weight is 421 g/mol. The van der Waals surface area contributed by atoms with E-state index in [4.69, 9.17) is 4.74 Å². The van der Waals surface area contributed by atoms with Gasteiger partial charge in [0, 0.05) is 23.8 Å². The molecule has 0 spiro atoms. The van der Waals surface area contributed by atoms with Crippen LogP contribution in [0, 0.1) is 10.8 Å². The Hall–Kier alpha value is -2.66. The molecular weight excluding hydrogens is 388 g/mol. The molecule has 1 saturated heterocycles. The Morgan fingerprint density at radius 2 is 1.74 bits per heavy atom. The van der Waals surface area contributed by atoms with Gasteiger partial charge in [-0.15, -0.1) is 0 Å². The van der Waals surface area contributed by atoms with E-state index >= 15 is 0 Å². The van der Waals surface area contributed by atoms with Crippen LogP contribution in [0.2, 0.25) is 0 Å². The predicted octanol–water partition coefficient (Wildman–Crippen LogP) is 4.88. The fourth-order valence-corrected chi connectivity index (χ4v) is 5.59. The molecule has 1 aliphatic heterocycles. The summed E-state index contributed by atoms with van der Waals surface area (Å²) in [5, 5.41) is 2.83. The van der Waals surface area contributed by atoms with Crippen molar-refractivity contribution in [1.82, 2.24) is 4.90 Å². The highest BCUT2D eigenvalue weighted by Gasteiger charge is 2.50. The molecule has 1 N–H and O–H groups in total. The van der Waals surface area contributed by atoms with E-state index in [0.29, 0.717) is 23.9 Å². The van der Waals surface area contributed by atoms with Crippen LogP contribution in [0.1, 0.15) is 56.0 Å². The molecule has 2 bridgehead atoms. The van der Waals surface area contributed by atoms with Crippen LogP contribution in [0.5, 0.6) is 0 Å². The number of fused-ring (bicyclic) bond motifs is 2. The minimum absolute atomic E-state index is 0.0145. The van der Waals surface area contributed by atoms with Gasteiger partial charge in [0.1, 0.15) is 6.61 Å². The van der Waals surface area contributed by atoms with Crippen molar-refractivity contribution >= 4 is 17.5 Å². The number of nitrogens with one attached hydrogen (secondary N) is 1. The van der Waals surface area contributed by atoms with E-state index < -0.39 is 0 Å². The maximum atomic E-state index is 13.2. The van der Waals surface area contributed by atoms with Gasteiger partial charge in [-0.2, -0.15) is 0 Å². The van der Waals surface area contributed by atoms with Gasteiger partial charge in [-0.25, -0.2) is 0 Å². The minimum atomic E-state index is -0.210. The Labute approximate surface area is 184 Å². The fraction of sp³-hybridized carbons (Fsp3) is 0.462. The smallest absolute Gasteiger partial charge is 0.254 e. The summed E-state index contributed by atoms with van der Waals surface area (Å²) in [4.78, 5) is 27.4. The van der Waals surface area contributed by atoms with Gasteiger partial charge in [-0.3, -0.25) is 9.59 Å². The van der Waals surface area contributed by atoms with E-state index in [9.17, 15) is 9.59 Å². The molecular formula is C26H32N2O3. The second kappa shape index (κ2) is 8.46. The number of carbonyl (C=O) groups excluding carboxylic acids is 2. The number of ether oxygens (including phenoxy) is 1. The van der Waals surface area contributed by atoms with E-state index in [1.165, 1.54) is 0 Å². The van der Waals surface area contributed by atoms with E-state index in [1.54, 1.807) is 24.3 Å². The number of hydrogen-bond acceptors (Lipinski definition) is 3. The van der Waals surface area contributed by atoms with Gasteiger partial charge in [0.2, 0.25) is 5.91 Å². The van der Waals surface area contributed by atoms with Gasteiger partial charge in [-0.1, -0.05) is 51.1 Å². The quantitative estimate of drug-likeness (QED) is 0.724. The van der Waals surface area contributed by atoms with Crippen LogP contribution in [0.15, 0.2) is 54.6 Å². The highest BCUT2D eigenvalue weighted by Crippen LogP contribution is 2.52. The van der Waals surface area contributed by atoms with Crippen molar-refractivity contribution in [3.8, 4) is 0 Å².